The number of sulfonamides is 1. The molecule has 0 bridgehead atoms. The Hall–Kier alpha value is -1.32. The van der Waals surface area contributed by atoms with Crippen molar-refractivity contribution in [3.63, 3.8) is 0 Å². The predicted octanol–water partition coefficient (Wildman–Crippen LogP) is -0.314. The van der Waals surface area contributed by atoms with Gasteiger partial charge in [-0.15, -0.1) is 0 Å². The summed E-state index contributed by atoms with van der Waals surface area (Å²) in [6.07, 6.45) is 1.02. The van der Waals surface area contributed by atoms with Crippen LogP contribution in [0.5, 0.6) is 5.75 Å². The Morgan fingerprint density at radius 1 is 1.32 bits per heavy atom. The van der Waals surface area contributed by atoms with Crippen LogP contribution < -0.4 is 10.5 Å². The van der Waals surface area contributed by atoms with Gasteiger partial charge < -0.3 is 10.8 Å². The first kappa shape index (κ1) is 15.7. The fourth-order valence-electron chi connectivity index (χ4n) is 1.52. The molecular weight excluding hydrogens is 292 g/mol. The first-order chi connectivity index (χ1) is 8.51. The molecule has 0 saturated carbocycles. The van der Waals surface area contributed by atoms with E-state index in [-0.39, 0.29) is 22.1 Å². The molecule has 19 heavy (non-hydrogen) atoms. The molecular formula is C10H16N2O5S2. The molecule has 9 heteroatoms. The standard InChI is InChI=1S/C10H16N2O5S2/c1-7(6-18(2,14)15)12-19(16,17)8-3-4-10(13)9(11)5-8/h3-5,7,12-13H,6,11H2,1-2H3. The van der Waals surface area contributed by atoms with Crippen LogP contribution in [0.15, 0.2) is 23.1 Å². The summed E-state index contributed by atoms with van der Waals surface area (Å²) in [6.45, 7) is 1.45. The Labute approximate surface area is 112 Å². The second kappa shape index (κ2) is 5.35. The second-order valence-electron chi connectivity index (χ2n) is 4.34. The Bertz CT molecular complexity index is 667. The minimum absolute atomic E-state index is 0.0707. The maximum Gasteiger partial charge on any atom is 0.240 e. The number of aromatic hydroxyl groups is 1. The van der Waals surface area contributed by atoms with Gasteiger partial charge in [0.05, 0.1) is 16.3 Å². The molecule has 0 spiro atoms. The molecule has 7 nitrogen and oxygen atoms in total. The number of sulfone groups is 1. The number of nitrogen functional groups attached to an aromatic ring is 1. The van der Waals surface area contributed by atoms with E-state index >= 15 is 0 Å². The summed E-state index contributed by atoms with van der Waals surface area (Å²) in [4.78, 5) is -0.136. The number of phenols is 1. The number of nitrogens with two attached hydrogens (primary N) is 1. The van der Waals surface area contributed by atoms with Gasteiger partial charge >= 0.3 is 0 Å². The van der Waals surface area contributed by atoms with Gasteiger partial charge in [-0.25, -0.2) is 21.6 Å². The summed E-state index contributed by atoms with van der Waals surface area (Å²) >= 11 is 0. The molecule has 4 N–H and O–H groups in total. The molecule has 1 atom stereocenters. The van der Waals surface area contributed by atoms with Crippen LogP contribution in [0, 0.1) is 0 Å². The zero-order valence-electron chi connectivity index (χ0n) is 10.5. The van der Waals surface area contributed by atoms with Crippen LogP contribution in [0.2, 0.25) is 0 Å². The maximum absolute atomic E-state index is 11.9. The highest BCUT2D eigenvalue weighted by Gasteiger charge is 2.20. The van der Waals surface area contributed by atoms with Crippen molar-refractivity contribution in [1.29, 1.82) is 0 Å². The molecule has 0 radical (unpaired) electrons. The molecule has 0 aliphatic heterocycles. The molecule has 108 valence electrons. The predicted molar refractivity (Wildman–Crippen MR) is 72.0 cm³/mol. The van der Waals surface area contributed by atoms with Crippen molar-refractivity contribution in [3.05, 3.63) is 18.2 Å². The lowest BCUT2D eigenvalue weighted by atomic mass is 10.3. The van der Waals surface area contributed by atoms with Gasteiger partial charge in [0, 0.05) is 12.3 Å². The number of hydrogen-bond acceptors (Lipinski definition) is 6. The van der Waals surface area contributed by atoms with Gasteiger partial charge in [-0.2, -0.15) is 0 Å². The third-order valence-corrected chi connectivity index (χ3v) is 4.91. The van der Waals surface area contributed by atoms with Crippen LogP contribution in [0.4, 0.5) is 5.69 Å². The summed E-state index contributed by atoms with van der Waals surface area (Å²) < 4.78 is 48.3. The van der Waals surface area contributed by atoms with Gasteiger partial charge in [0.15, 0.2) is 0 Å². The molecule has 1 aromatic carbocycles. The number of hydrogen-bond donors (Lipinski definition) is 3. The quantitative estimate of drug-likeness (QED) is 0.505. The van der Waals surface area contributed by atoms with E-state index in [1.165, 1.54) is 13.0 Å². The number of anilines is 1. The van der Waals surface area contributed by atoms with Crippen LogP contribution in [-0.2, 0) is 19.9 Å². The highest BCUT2D eigenvalue weighted by atomic mass is 32.2. The monoisotopic (exact) mass is 308 g/mol. The van der Waals surface area contributed by atoms with Crippen LogP contribution >= 0.6 is 0 Å². The Balaban J connectivity index is 2.95. The molecule has 0 saturated heterocycles. The van der Waals surface area contributed by atoms with Gasteiger partial charge in [-0.1, -0.05) is 0 Å². The Morgan fingerprint density at radius 2 is 1.89 bits per heavy atom. The topological polar surface area (TPSA) is 127 Å². The average Bonchev–Trinajstić information content (AvgIpc) is 2.17. The number of rotatable bonds is 5. The summed E-state index contributed by atoms with van der Waals surface area (Å²) in [5.74, 6) is -0.525. The summed E-state index contributed by atoms with van der Waals surface area (Å²) in [5.41, 5.74) is 5.34. The highest BCUT2D eigenvalue weighted by molar-refractivity contribution is 7.91. The maximum atomic E-state index is 11.9. The van der Waals surface area contributed by atoms with Crippen LogP contribution in [0.25, 0.3) is 0 Å². The minimum atomic E-state index is -3.88. The lowest BCUT2D eigenvalue weighted by Gasteiger charge is -2.13. The molecule has 1 aromatic rings. The Morgan fingerprint density at radius 3 is 2.37 bits per heavy atom. The van der Waals surface area contributed by atoms with Gasteiger partial charge in [0.2, 0.25) is 10.0 Å². The lowest BCUT2D eigenvalue weighted by molar-refractivity contribution is 0.477. The van der Waals surface area contributed by atoms with Crippen LogP contribution in [0.3, 0.4) is 0 Å². The van der Waals surface area contributed by atoms with E-state index in [1.807, 2.05) is 0 Å². The molecule has 0 aromatic heterocycles. The van der Waals surface area contributed by atoms with Crippen molar-refractivity contribution in [3.8, 4) is 5.75 Å². The molecule has 1 rings (SSSR count). The molecule has 0 fully saturated rings. The summed E-state index contributed by atoms with van der Waals surface area (Å²) in [7, 11) is -7.16. The van der Waals surface area contributed by atoms with E-state index in [4.69, 9.17) is 5.73 Å². The Kier molecular flexibility index (Phi) is 4.43. The fraction of sp³-hybridized carbons (Fsp3) is 0.400. The fourth-order valence-corrected chi connectivity index (χ4v) is 3.90. The van der Waals surface area contributed by atoms with E-state index in [0.29, 0.717) is 0 Å². The van der Waals surface area contributed by atoms with Gasteiger partial charge in [-0.3, -0.25) is 0 Å². The van der Waals surface area contributed by atoms with Crippen molar-refractivity contribution < 1.29 is 21.9 Å². The van der Waals surface area contributed by atoms with Crippen molar-refractivity contribution in [2.75, 3.05) is 17.7 Å². The highest BCUT2D eigenvalue weighted by Crippen LogP contribution is 2.23. The van der Waals surface area contributed by atoms with Crippen molar-refractivity contribution in [2.24, 2.45) is 0 Å². The van der Waals surface area contributed by atoms with E-state index < -0.39 is 25.9 Å². The number of nitrogens with one attached hydrogen (secondary N) is 1. The number of phenolic OH excluding ortho intramolecular Hbond substituents is 1. The minimum Gasteiger partial charge on any atom is -0.506 e. The molecule has 1 unspecified atom stereocenters. The van der Waals surface area contributed by atoms with E-state index in [2.05, 4.69) is 4.72 Å². The molecule has 0 aliphatic rings. The normalized spacial score (nSPS) is 14.2. The van der Waals surface area contributed by atoms with Crippen molar-refractivity contribution in [2.45, 2.75) is 17.9 Å². The first-order valence-corrected chi connectivity index (χ1v) is 8.84. The summed E-state index contributed by atoms with van der Waals surface area (Å²) in [5, 5.41) is 9.22. The van der Waals surface area contributed by atoms with Gasteiger partial charge in [-0.05, 0) is 25.1 Å². The van der Waals surface area contributed by atoms with E-state index in [0.717, 1.165) is 18.4 Å². The number of benzene rings is 1. The SMILES string of the molecule is CC(CS(C)(=O)=O)NS(=O)(=O)c1ccc(O)c(N)c1. The zero-order chi connectivity index (χ0) is 14.8. The van der Waals surface area contributed by atoms with Crippen LogP contribution in [0.1, 0.15) is 6.92 Å². The smallest absolute Gasteiger partial charge is 0.240 e. The third kappa shape index (κ3) is 4.69. The molecule has 0 amide bonds. The van der Waals surface area contributed by atoms with Crippen molar-refractivity contribution >= 4 is 25.5 Å². The second-order valence-corrected chi connectivity index (χ2v) is 8.23. The third-order valence-electron chi connectivity index (χ3n) is 2.22. The molecule has 0 aliphatic carbocycles. The summed E-state index contributed by atoms with van der Waals surface area (Å²) in [6, 6.07) is 2.67. The average molecular weight is 308 g/mol. The lowest BCUT2D eigenvalue weighted by Crippen LogP contribution is -2.37. The van der Waals surface area contributed by atoms with E-state index in [1.54, 1.807) is 0 Å². The van der Waals surface area contributed by atoms with Gasteiger partial charge in [0.25, 0.3) is 0 Å². The van der Waals surface area contributed by atoms with E-state index in [9.17, 15) is 21.9 Å². The molecule has 0 heterocycles. The van der Waals surface area contributed by atoms with Crippen LogP contribution in [-0.4, -0.2) is 40.0 Å². The first-order valence-electron chi connectivity index (χ1n) is 5.30. The van der Waals surface area contributed by atoms with Crippen molar-refractivity contribution in [1.82, 2.24) is 4.72 Å². The zero-order valence-corrected chi connectivity index (χ0v) is 12.1. The largest absolute Gasteiger partial charge is 0.506 e. The van der Waals surface area contributed by atoms with Gasteiger partial charge in [0.1, 0.15) is 15.6 Å².